The van der Waals surface area contributed by atoms with Crippen LogP contribution in [0.25, 0.3) is 0 Å². The summed E-state index contributed by atoms with van der Waals surface area (Å²) in [6, 6.07) is 21.1. The number of ether oxygens (including phenoxy) is 4. The summed E-state index contributed by atoms with van der Waals surface area (Å²) in [5.41, 5.74) is 0.654. The molecule has 3 aromatic carbocycles. The second-order valence-electron chi connectivity index (χ2n) is 10.5. The molecule has 0 radical (unpaired) electrons. The third-order valence-corrected chi connectivity index (χ3v) is 6.87. The Morgan fingerprint density at radius 2 is 1.35 bits per heavy atom. The molecule has 0 heterocycles. The van der Waals surface area contributed by atoms with Crippen LogP contribution in [0.3, 0.4) is 0 Å². The Morgan fingerprint density at radius 3 is 1.94 bits per heavy atom. The van der Waals surface area contributed by atoms with Crippen LogP contribution in [0.5, 0.6) is 23.0 Å². The normalized spacial score (nSPS) is 12.7. The molecular formula is C33H34F7NO7. The molecule has 0 aliphatic heterocycles. The van der Waals surface area contributed by atoms with Gasteiger partial charge in [0.15, 0.2) is 6.10 Å². The van der Waals surface area contributed by atoms with Crippen LogP contribution in [0.15, 0.2) is 78.9 Å². The topological polar surface area (TPSA) is 94.5 Å². The number of carboxylic acid groups (broad SMARTS) is 1. The second kappa shape index (κ2) is 17.0. The highest BCUT2D eigenvalue weighted by Crippen LogP contribution is 2.48. The molecule has 1 N–H and O–H groups in total. The van der Waals surface area contributed by atoms with Crippen molar-refractivity contribution < 1.29 is 64.4 Å². The van der Waals surface area contributed by atoms with Gasteiger partial charge >= 0.3 is 30.1 Å². The quantitative estimate of drug-likeness (QED) is 0.106. The third-order valence-electron chi connectivity index (χ3n) is 6.87. The largest absolute Gasteiger partial charge is 0.492 e. The monoisotopic (exact) mass is 689 g/mol. The Labute approximate surface area is 272 Å². The summed E-state index contributed by atoms with van der Waals surface area (Å²) in [5, 5.41) is 9.26. The Morgan fingerprint density at radius 1 is 0.771 bits per heavy atom. The van der Waals surface area contributed by atoms with E-state index >= 15 is 0 Å². The number of aliphatic carboxylic acids is 1. The average molecular weight is 690 g/mol. The minimum Gasteiger partial charge on any atom is -0.492 e. The molecule has 1 atom stereocenters. The molecule has 262 valence electrons. The number of amides is 1. The highest BCUT2D eigenvalue weighted by Gasteiger charge is 2.72. The van der Waals surface area contributed by atoms with Crippen LogP contribution in [0.2, 0.25) is 0 Å². The van der Waals surface area contributed by atoms with Gasteiger partial charge in [-0.3, -0.25) is 0 Å². The predicted octanol–water partition coefficient (Wildman–Crippen LogP) is 8.39. The molecule has 0 saturated carbocycles. The van der Waals surface area contributed by atoms with Gasteiger partial charge in [-0.15, -0.1) is 0 Å². The Balaban J connectivity index is 1.62. The summed E-state index contributed by atoms with van der Waals surface area (Å²) in [7, 11) is 0. The number of unbranched alkanes of at least 4 members (excludes halogenated alkanes) is 1. The highest BCUT2D eigenvalue weighted by atomic mass is 19.4. The third kappa shape index (κ3) is 11.0. The van der Waals surface area contributed by atoms with Crippen LogP contribution in [-0.4, -0.2) is 72.5 Å². The van der Waals surface area contributed by atoms with Crippen molar-refractivity contribution in [2.45, 2.75) is 56.7 Å². The number of rotatable bonds is 18. The molecule has 0 aliphatic rings. The SMILES string of the molecule is CCOC(Cc1ccc(OCCN(CCCCC(F)(F)C(F)(F)C(F)(F)F)C(=O)Oc2ccc(Oc3ccccc3)cc2)cc1)C(=O)O. The Hall–Kier alpha value is -4.53. The lowest BCUT2D eigenvalue weighted by atomic mass is 10.0. The molecule has 0 aromatic heterocycles. The fourth-order valence-corrected chi connectivity index (χ4v) is 4.30. The fraction of sp³-hybridized carbons (Fsp3) is 0.394. The maximum Gasteiger partial charge on any atom is 0.459 e. The lowest BCUT2D eigenvalue weighted by Gasteiger charge is -2.28. The number of nitrogens with zero attached hydrogens (tertiary/aromatic N) is 1. The zero-order valence-corrected chi connectivity index (χ0v) is 25.7. The van der Waals surface area contributed by atoms with Crippen LogP contribution in [0, 0.1) is 0 Å². The van der Waals surface area contributed by atoms with Gasteiger partial charge in [0.25, 0.3) is 0 Å². The number of hydrogen-bond acceptors (Lipinski definition) is 6. The van der Waals surface area contributed by atoms with Gasteiger partial charge in [0.2, 0.25) is 0 Å². The number of hydrogen-bond donors (Lipinski definition) is 1. The first kappa shape index (κ1) is 37.9. The molecule has 3 rings (SSSR count). The number of carbonyl (C=O) groups is 2. The first-order valence-electron chi connectivity index (χ1n) is 14.8. The van der Waals surface area contributed by atoms with Gasteiger partial charge in [0.05, 0.1) is 6.54 Å². The Bertz CT molecular complexity index is 1440. The molecule has 3 aromatic rings. The number of alkyl halides is 7. The van der Waals surface area contributed by atoms with E-state index in [-0.39, 0.29) is 44.9 Å². The Kier molecular flexibility index (Phi) is 13.5. The van der Waals surface area contributed by atoms with E-state index in [9.17, 15) is 45.4 Å². The lowest BCUT2D eigenvalue weighted by Crippen LogP contribution is -2.51. The summed E-state index contributed by atoms with van der Waals surface area (Å²) in [4.78, 5) is 25.4. The molecule has 48 heavy (non-hydrogen) atoms. The molecule has 0 aliphatic carbocycles. The van der Waals surface area contributed by atoms with Crippen molar-refractivity contribution >= 4 is 12.1 Å². The summed E-state index contributed by atoms with van der Waals surface area (Å²) >= 11 is 0. The van der Waals surface area contributed by atoms with E-state index in [0.29, 0.717) is 22.8 Å². The van der Waals surface area contributed by atoms with Crippen LogP contribution in [-0.2, 0) is 16.0 Å². The number of halogens is 7. The lowest BCUT2D eigenvalue weighted by molar-refractivity contribution is -0.355. The van der Waals surface area contributed by atoms with E-state index in [2.05, 4.69) is 0 Å². The predicted molar refractivity (Wildman–Crippen MR) is 159 cm³/mol. The van der Waals surface area contributed by atoms with E-state index in [1.807, 2.05) is 6.07 Å². The first-order valence-corrected chi connectivity index (χ1v) is 14.8. The number of benzene rings is 3. The van der Waals surface area contributed by atoms with Gasteiger partial charge in [0, 0.05) is 26.0 Å². The molecule has 15 heteroatoms. The van der Waals surface area contributed by atoms with E-state index in [1.165, 1.54) is 24.3 Å². The van der Waals surface area contributed by atoms with Crippen molar-refractivity contribution in [3.8, 4) is 23.0 Å². The van der Waals surface area contributed by atoms with Gasteiger partial charge in [-0.2, -0.15) is 30.7 Å². The van der Waals surface area contributed by atoms with E-state index in [1.54, 1.807) is 55.5 Å². The van der Waals surface area contributed by atoms with Gasteiger partial charge in [-0.05, 0) is 73.9 Å². The average Bonchev–Trinajstić information content (AvgIpc) is 3.03. The van der Waals surface area contributed by atoms with E-state index in [0.717, 1.165) is 4.90 Å². The number of para-hydroxylation sites is 1. The van der Waals surface area contributed by atoms with Crippen LogP contribution in [0.1, 0.15) is 31.7 Å². The highest BCUT2D eigenvalue weighted by molar-refractivity contribution is 5.72. The maximum atomic E-state index is 13.8. The van der Waals surface area contributed by atoms with Gasteiger partial charge in [0.1, 0.15) is 29.6 Å². The molecule has 1 unspecified atom stereocenters. The van der Waals surface area contributed by atoms with Crippen molar-refractivity contribution in [3.05, 3.63) is 84.4 Å². The van der Waals surface area contributed by atoms with Crippen molar-refractivity contribution in [1.82, 2.24) is 4.90 Å². The fourth-order valence-electron chi connectivity index (χ4n) is 4.30. The van der Waals surface area contributed by atoms with Crippen molar-refractivity contribution in [2.75, 3.05) is 26.3 Å². The minimum absolute atomic E-state index is 0.0880. The smallest absolute Gasteiger partial charge is 0.459 e. The second-order valence-corrected chi connectivity index (χ2v) is 10.5. The van der Waals surface area contributed by atoms with Gasteiger partial charge in [-0.1, -0.05) is 30.3 Å². The molecule has 8 nitrogen and oxygen atoms in total. The zero-order valence-electron chi connectivity index (χ0n) is 25.7. The molecule has 0 bridgehead atoms. The zero-order chi connectivity index (χ0) is 35.4. The number of carboxylic acids is 1. The van der Waals surface area contributed by atoms with Gasteiger partial charge < -0.3 is 29.0 Å². The first-order chi connectivity index (χ1) is 22.6. The van der Waals surface area contributed by atoms with Crippen molar-refractivity contribution in [2.24, 2.45) is 0 Å². The maximum absolute atomic E-state index is 13.8. The van der Waals surface area contributed by atoms with Crippen molar-refractivity contribution in [3.63, 3.8) is 0 Å². The van der Waals surface area contributed by atoms with E-state index < -0.39 is 49.0 Å². The van der Waals surface area contributed by atoms with Gasteiger partial charge in [-0.25, -0.2) is 9.59 Å². The standard InChI is InChI=1S/C33H34F7NO7/c1-2-45-28(29(42)43)22-23-10-12-24(13-11-23)46-21-20-41(19-7-6-18-31(34,35)32(36,37)33(38,39)40)30(44)48-27-16-14-26(15-17-27)47-25-8-4-3-5-9-25/h3-5,8-17,28H,2,6-7,18-22H2,1H3,(H,42,43). The van der Waals surface area contributed by atoms with Crippen molar-refractivity contribution in [1.29, 1.82) is 0 Å². The number of carbonyl (C=O) groups excluding carboxylic acids is 1. The molecule has 0 saturated heterocycles. The molecule has 0 spiro atoms. The molecule has 1 amide bonds. The van der Waals surface area contributed by atoms with E-state index in [4.69, 9.17) is 18.9 Å². The summed E-state index contributed by atoms with van der Waals surface area (Å²) < 4.78 is 113. The minimum atomic E-state index is -6.43. The summed E-state index contributed by atoms with van der Waals surface area (Å²) in [5.74, 6) is -11.2. The molecule has 0 fully saturated rings. The van der Waals surface area contributed by atoms with Crippen LogP contribution < -0.4 is 14.2 Å². The summed E-state index contributed by atoms with van der Waals surface area (Å²) in [6.45, 7) is 1.25. The van der Waals surface area contributed by atoms with Crippen LogP contribution in [0.4, 0.5) is 35.5 Å². The molecular weight excluding hydrogens is 655 g/mol. The van der Waals surface area contributed by atoms with Crippen LogP contribution >= 0.6 is 0 Å². The summed E-state index contributed by atoms with van der Waals surface area (Å²) in [6.07, 6.45) is -11.2.